The second-order valence-corrected chi connectivity index (χ2v) is 4.65. The van der Waals surface area contributed by atoms with Crippen molar-refractivity contribution in [2.75, 3.05) is 6.61 Å². The number of aliphatic hydroxyl groups excluding tert-OH is 1. The van der Waals surface area contributed by atoms with E-state index < -0.39 is 6.04 Å². The van der Waals surface area contributed by atoms with Gasteiger partial charge in [0.25, 0.3) is 0 Å². The van der Waals surface area contributed by atoms with E-state index in [1.165, 1.54) is 5.39 Å². The molecule has 4 nitrogen and oxygen atoms in total. The van der Waals surface area contributed by atoms with Crippen LogP contribution in [-0.2, 0) is 0 Å². The van der Waals surface area contributed by atoms with E-state index in [2.05, 4.69) is 34.2 Å². The van der Waals surface area contributed by atoms with Crippen LogP contribution in [0.15, 0.2) is 54.7 Å². The second-order valence-electron chi connectivity index (χ2n) is 4.65. The van der Waals surface area contributed by atoms with E-state index in [1.54, 1.807) is 6.20 Å². The van der Waals surface area contributed by atoms with Crippen LogP contribution in [0.4, 0.5) is 0 Å². The Bertz CT molecular complexity index is 742. The number of nitrogens with zero attached hydrogens (tertiary/aromatic N) is 2. The molecular weight excluding hydrogens is 250 g/mol. The average molecular weight is 265 g/mol. The van der Waals surface area contributed by atoms with E-state index in [0.29, 0.717) is 5.82 Å². The van der Waals surface area contributed by atoms with E-state index >= 15 is 0 Å². The zero-order chi connectivity index (χ0) is 13.9. The normalized spacial score (nSPS) is 12.5. The maximum absolute atomic E-state index is 9.09. The van der Waals surface area contributed by atoms with Crippen molar-refractivity contribution >= 4 is 10.8 Å². The van der Waals surface area contributed by atoms with Crippen LogP contribution in [0.5, 0.6) is 0 Å². The summed E-state index contributed by atoms with van der Waals surface area (Å²) in [6.07, 6.45) is 1.67. The maximum atomic E-state index is 9.09. The van der Waals surface area contributed by atoms with Crippen LogP contribution < -0.4 is 5.73 Å². The van der Waals surface area contributed by atoms with Gasteiger partial charge in [0.2, 0.25) is 0 Å². The maximum Gasteiger partial charge on any atom is 0.147 e. The van der Waals surface area contributed by atoms with E-state index in [1.807, 2.05) is 24.3 Å². The summed E-state index contributed by atoms with van der Waals surface area (Å²) >= 11 is 0. The van der Waals surface area contributed by atoms with Gasteiger partial charge in [-0.25, -0.2) is 9.97 Å². The summed E-state index contributed by atoms with van der Waals surface area (Å²) in [5.41, 5.74) is 7.58. The van der Waals surface area contributed by atoms with Gasteiger partial charge in [0.1, 0.15) is 5.82 Å². The van der Waals surface area contributed by atoms with Crippen molar-refractivity contribution in [3.8, 4) is 11.3 Å². The molecule has 3 N–H and O–H groups in total. The third kappa shape index (κ3) is 2.39. The SMILES string of the molecule is NC(CO)c1nccc(-c2ccc3ccccc3c2)n1. The van der Waals surface area contributed by atoms with E-state index in [9.17, 15) is 0 Å². The first-order valence-corrected chi connectivity index (χ1v) is 6.46. The van der Waals surface area contributed by atoms with Crippen molar-refractivity contribution in [2.24, 2.45) is 5.73 Å². The molecule has 0 bridgehead atoms. The van der Waals surface area contributed by atoms with Crippen LogP contribution in [0.1, 0.15) is 11.9 Å². The van der Waals surface area contributed by atoms with Gasteiger partial charge in [-0.15, -0.1) is 0 Å². The Balaban J connectivity index is 2.06. The zero-order valence-corrected chi connectivity index (χ0v) is 10.9. The molecule has 0 amide bonds. The fraction of sp³-hybridized carbons (Fsp3) is 0.125. The predicted molar refractivity (Wildman–Crippen MR) is 79.0 cm³/mol. The first-order chi connectivity index (χ1) is 9.78. The second kappa shape index (κ2) is 5.36. The quantitative estimate of drug-likeness (QED) is 0.762. The Morgan fingerprint density at radius 2 is 1.85 bits per heavy atom. The van der Waals surface area contributed by atoms with Crippen LogP contribution in [-0.4, -0.2) is 21.7 Å². The molecule has 20 heavy (non-hydrogen) atoms. The molecule has 0 aliphatic heterocycles. The molecule has 1 aromatic heterocycles. The lowest BCUT2D eigenvalue weighted by Crippen LogP contribution is -2.17. The van der Waals surface area contributed by atoms with Gasteiger partial charge >= 0.3 is 0 Å². The number of fused-ring (bicyclic) bond motifs is 1. The van der Waals surface area contributed by atoms with Crippen LogP contribution in [0, 0.1) is 0 Å². The first kappa shape index (κ1) is 12.7. The van der Waals surface area contributed by atoms with Gasteiger partial charge in [0, 0.05) is 11.8 Å². The van der Waals surface area contributed by atoms with Crippen LogP contribution >= 0.6 is 0 Å². The van der Waals surface area contributed by atoms with E-state index in [4.69, 9.17) is 10.8 Å². The summed E-state index contributed by atoms with van der Waals surface area (Å²) < 4.78 is 0. The Labute approximate surface area is 116 Å². The van der Waals surface area contributed by atoms with Crippen molar-refractivity contribution in [3.63, 3.8) is 0 Å². The lowest BCUT2D eigenvalue weighted by Gasteiger charge is -2.08. The summed E-state index contributed by atoms with van der Waals surface area (Å²) in [6.45, 7) is -0.166. The highest BCUT2D eigenvalue weighted by atomic mass is 16.3. The largest absolute Gasteiger partial charge is 0.394 e. The minimum atomic E-state index is -0.546. The molecule has 0 aliphatic carbocycles. The fourth-order valence-corrected chi connectivity index (χ4v) is 2.14. The molecule has 0 saturated heterocycles. The Morgan fingerprint density at radius 1 is 1.05 bits per heavy atom. The van der Waals surface area contributed by atoms with Gasteiger partial charge in [-0.05, 0) is 22.9 Å². The summed E-state index contributed by atoms with van der Waals surface area (Å²) in [6, 6.07) is 15.7. The molecule has 0 radical (unpaired) electrons. The molecule has 2 aromatic carbocycles. The standard InChI is InChI=1S/C16H15N3O/c17-14(10-20)16-18-8-7-15(19-16)13-6-5-11-3-1-2-4-12(11)9-13/h1-9,14,20H,10,17H2. The molecule has 0 saturated carbocycles. The van der Waals surface area contributed by atoms with E-state index in [-0.39, 0.29) is 6.61 Å². The zero-order valence-electron chi connectivity index (χ0n) is 10.9. The summed E-state index contributed by atoms with van der Waals surface area (Å²) in [4.78, 5) is 8.53. The fourth-order valence-electron chi connectivity index (χ4n) is 2.14. The molecule has 1 unspecified atom stereocenters. The molecule has 0 aliphatic rings. The highest BCUT2D eigenvalue weighted by Gasteiger charge is 2.09. The number of rotatable bonds is 3. The van der Waals surface area contributed by atoms with Gasteiger partial charge in [-0.1, -0.05) is 36.4 Å². The number of hydrogen-bond acceptors (Lipinski definition) is 4. The summed E-state index contributed by atoms with van der Waals surface area (Å²) in [5.74, 6) is 0.457. The van der Waals surface area contributed by atoms with Crippen molar-refractivity contribution < 1.29 is 5.11 Å². The summed E-state index contributed by atoms with van der Waals surface area (Å²) in [7, 11) is 0. The number of aliphatic hydroxyl groups is 1. The highest BCUT2D eigenvalue weighted by molar-refractivity contribution is 5.86. The molecule has 1 atom stereocenters. The number of benzene rings is 2. The lowest BCUT2D eigenvalue weighted by molar-refractivity contribution is 0.263. The van der Waals surface area contributed by atoms with Gasteiger partial charge in [0.05, 0.1) is 18.3 Å². The van der Waals surface area contributed by atoms with Gasteiger partial charge in [-0.3, -0.25) is 0 Å². The van der Waals surface area contributed by atoms with E-state index in [0.717, 1.165) is 16.6 Å². The van der Waals surface area contributed by atoms with Crippen molar-refractivity contribution in [1.29, 1.82) is 0 Å². The number of hydrogen-bond donors (Lipinski definition) is 2. The molecule has 100 valence electrons. The Hall–Kier alpha value is -2.30. The third-order valence-electron chi connectivity index (χ3n) is 3.25. The van der Waals surface area contributed by atoms with Gasteiger partial charge < -0.3 is 10.8 Å². The Morgan fingerprint density at radius 3 is 2.65 bits per heavy atom. The van der Waals surface area contributed by atoms with Crippen LogP contribution in [0.3, 0.4) is 0 Å². The average Bonchev–Trinajstić information content (AvgIpc) is 2.53. The molecule has 3 aromatic rings. The molecule has 0 spiro atoms. The monoisotopic (exact) mass is 265 g/mol. The van der Waals surface area contributed by atoms with Crippen LogP contribution in [0.2, 0.25) is 0 Å². The predicted octanol–water partition coefficient (Wildman–Crippen LogP) is 2.29. The number of aromatic nitrogens is 2. The first-order valence-electron chi connectivity index (χ1n) is 6.46. The van der Waals surface area contributed by atoms with Gasteiger partial charge in [0.15, 0.2) is 0 Å². The minimum absolute atomic E-state index is 0.166. The molecular formula is C16H15N3O. The lowest BCUT2D eigenvalue weighted by atomic mass is 10.0. The van der Waals surface area contributed by atoms with Crippen molar-refractivity contribution in [1.82, 2.24) is 9.97 Å². The molecule has 1 heterocycles. The van der Waals surface area contributed by atoms with Crippen LogP contribution in [0.25, 0.3) is 22.0 Å². The Kier molecular flexibility index (Phi) is 3.41. The molecule has 3 rings (SSSR count). The minimum Gasteiger partial charge on any atom is -0.394 e. The molecule has 0 fully saturated rings. The molecule has 4 heteroatoms. The van der Waals surface area contributed by atoms with Crippen molar-refractivity contribution in [3.05, 3.63) is 60.6 Å². The topological polar surface area (TPSA) is 72.0 Å². The summed E-state index contributed by atoms with van der Waals surface area (Å²) in [5, 5.41) is 11.4. The van der Waals surface area contributed by atoms with Crippen molar-refractivity contribution in [2.45, 2.75) is 6.04 Å². The smallest absolute Gasteiger partial charge is 0.147 e. The number of nitrogens with two attached hydrogens (primary N) is 1. The third-order valence-corrected chi connectivity index (χ3v) is 3.25. The highest BCUT2D eigenvalue weighted by Crippen LogP contribution is 2.23. The van der Waals surface area contributed by atoms with Gasteiger partial charge in [-0.2, -0.15) is 0 Å².